The van der Waals surface area contributed by atoms with Gasteiger partial charge < -0.3 is 9.64 Å². The maximum absolute atomic E-state index is 13.7. The van der Waals surface area contributed by atoms with Crippen molar-refractivity contribution in [2.24, 2.45) is 5.92 Å². The largest absolute Gasteiger partial charge is 0.497 e. The van der Waals surface area contributed by atoms with Crippen LogP contribution >= 0.6 is 0 Å². The van der Waals surface area contributed by atoms with Gasteiger partial charge >= 0.3 is 0 Å². The Balaban J connectivity index is 1.51. The molecule has 6 heteroatoms. The quantitative estimate of drug-likeness (QED) is 0.725. The van der Waals surface area contributed by atoms with Gasteiger partial charge in [0, 0.05) is 36.0 Å². The molecule has 28 heavy (non-hydrogen) atoms. The van der Waals surface area contributed by atoms with Crippen molar-refractivity contribution in [3.05, 3.63) is 65.7 Å². The Labute approximate surface area is 163 Å². The molecular formula is C22H22FN3O2. The topological polar surface area (TPSA) is 58.2 Å². The van der Waals surface area contributed by atoms with E-state index < -0.39 is 0 Å². The highest BCUT2D eigenvalue weighted by Crippen LogP contribution is 2.32. The van der Waals surface area contributed by atoms with E-state index in [0.717, 1.165) is 34.4 Å². The molecule has 2 heterocycles. The minimum atomic E-state index is -0.345. The number of methoxy groups -OCH3 is 1. The molecule has 0 radical (unpaired) electrons. The number of hydrogen-bond acceptors (Lipinski definition) is 3. The molecule has 3 aromatic rings. The zero-order valence-electron chi connectivity index (χ0n) is 15.9. The van der Waals surface area contributed by atoms with Crippen LogP contribution in [-0.2, 0) is 11.2 Å². The number of anilines is 1. The van der Waals surface area contributed by atoms with E-state index in [1.54, 1.807) is 12.3 Å². The summed E-state index contributed by atoms with van der Waals surface area (Å²) in [5.41, 5.74) is 4.88. The number of H-pyrrole nitrogens is 1. The second kappa shape index (κ2) is 7.46. The van der Waals surface area contributed by atoms with E-state index in [2.05, 4.69) is 10.2 Å². The van der Waals surface area contributed by atoms with Crippen LogP contribution in [0.3, 0.4) is 0 Å². The average Bonchev–Trinajstić information content (AvgIpc) is 3.32. The number of nitrogens with zero attached hydrogens (tertiary/aromatic N) is 2. The van der Waals surface area contributed by atoms with Gasteiger partial charge in [0.05, 0.1) is 13.3 Å². The SMILES string of the molecule is COc1cc(F)cc(CC2CCN(c3ccc(-c4cn[nH]c4)c(C)c3)C2=O)c1. The number of hydrogen-bond donors (Lipinski definition) is 1. The van der Waals surface area contributed by atoms with E-state index >= 15 is 0 Å². The van der Waals surface area contributed by atoms with Crippen molar-refractivity contribution in [2.75, 3.05) is 18.6 Å². The minimum absolute atomic E-state index is 0.0821. The molecule has 1 aliphatic rings. The number of amides is 1. The summed E-state index contributed by atoms with van der Waals surface area (Å²) in [6, 6.07) is 10.6. The second-order valence-corrected chi connectivity index (χ2v) is 7.17. The fourth-order valence-corrected chi connectivity index (χ4v) is 3.86. The molecule has 144 valence electrons. The third-order valence-electron chi connectivity index (χ3n) is 5.30. The fourth-order valence-electron chi connectivity index (χ4n) is 3.86. The highest BCUT2D eigenvalue weighted by Gasteiger charge is 2.32. The van der Waals surface area contributed by atoms with Gasteiger partial charge in [-0.2, -0.15) is 5.10 Å². The molecule has 0 aliphatic carbocycles. The van der Waals surface area contributed by atoms with Gasteiger partial charge in [-0.15, -0.1) is 0 Å². The summed E-state index contributed by atoms with van der Waals surface area (Å²) in [7, 11) is 1.51. The summed E-state index contributed by atoms with van der Waals surface area (Å²) < 4.78 is 18.9. The molecule has 1 amide bonds. The third kappa shape index (κ3) is 3.50. The zero-order chi connectivity index (χ0) is 19.7. The van der Waals surface area contributed by atoms with E-state index in [1.807, 2.05) is 36.2 Å². The second-order valence-electron chi connectivity index (χ2n) is 7.17. The van der Waals surface area contributed by atoms with Crippen LogP contribution in [0.4, 0.5) is 10.1 Å². The number of halogens is 1. The molecule has 0 bridgehead atoms. The number of carbonyl (C=O) groups excluding carboxylic acids is 1. The Morgan fingerprint density at radius 1 is 1.29 bits per heavy atom. The van der Waals surface area contributed by atoms with Gasteiger partial charge in [-0.25, -0.2) is 4.39 Å². The van der Waals surface area contributed by atoms with Crippen molar-refractivity contribution in [2.45, 2.75) is 19.8 Å². The molecule has 1 N–H and O–H groups in total. The predicted molar refractivity (Wildman–Crippen MR) is 106 cm³/mol. The van der Waals surface area contributed by atoms with Gasteiger partial charge in [-0.1, -0.05) is 6.07 Å². The fraction of sp³-hybridized carbons (Fsp3) is 0.273. The van der Waals surface area contributed by atoms with Gasteiger partial charge in [-0.3, -0.25) is 9.89 Å². The van der Waals surface area contributed by atoms with Crippen LogP contribution in [0.15, 0.2) is 48.8 Å². The lowest BCUT2D eigenvalue weighted by atomic mass is 9.97. The number of benzene rings is 2. The van der Waals surface area contributed by atoms with Gasteiger partial charge in [-0.05, 0) is 60.7 Å². The van der Waals surface area contributed by atoms with E-state index in [1.165, 1.54) is 19.2 Å². The smallest absolute Gasteiger partial charge is 0.230 e. The van der Waals surface area contributed by atoms with Gasteiger partial charge in [0.15, 0.2) is 0 Å². The van der Waals surface area contributed by atoms with Crippen LogP contribution in [-0.4, -0.2) is 29.8 Å². The Kier molecular flexibility index (Phi) is 4.86. The highest BCUT2D eigenvalue weighted by molar-refractivity contribution is 5.97. The Hall–Kier alpha value is -3.15. The van der Waals surface area contributed by atoms with Gasteiger partial charge in [0.25, 0.3) is 0 Å². The summed E-state index contributed by atoms with van der Waals surface area (Å²) in [5.74, 6) is 0.0592. The van der Waals surface area contributed by atoms with Crippen molar-refractivity contribution in [1.82, 2.24) is 10.2 Å². The van der Waals surface area contributed by atoms with Crippen LogP contribution < -0.4 is 9.64 Å². The molecule has 1 aromatic heterocycles. The number of aryl methyl sites for hydroxylation is 1. The van der Waals surface area contributed by atoms with Gasteiger partial charge in [0.1, 0.15) is 11.6 Å². The summed E-state index contributed by atoms with van der Waals surface area (Å²) in [6.07, 6.45) is 4.90. The summed E-state index contributed by atoms with van der Waals surface area (Å²) >= 11 is 0. The molecule has 2 aromatic carbocycles. The molecule has 1 atom stereocenters. The summed E-state index contributed by atoms with van der Waals surface area (Å²) in [5, 5.41) is 6.82. The molecule has 1 fully saturated rings. The van der Waals surface area contributed by atoms with Crippen molar-refractivity contribution in [1.29, 1.82) is 0 Å². The van der Waals surface area contributed by atoms with Crippen molar-refractivity contribution < 1.29 is 13.9 Å². The van der Waals surface area contributed by atoms with Crippen molar-refractivity contribution in [3.8, 4) is 16.9 Å². The Morgan fingerprint density at radius 3 is 2.86 bits per heavy atom. The average molecular weight is 379 g/mol. The number of carbonyl (C=O) groups is 1. The Bertz CT molecular complexity index is 1000. The summed E-state index contributed by atoms with van der Waals surface area (Å²) in [4.78, 5) is 14.8. The van der Waals surface area contributed by atoms with Crippen LogP contribution in [0.1, 0.15) is 17.5 Å². The van der Waals surface area contributed by atoms with E-state index in [9.17, 15) is 9.18 Å². The zero-order valence-corrected chi connectivity index (χ0v) is 15.9. The van der Waals surface area contributed by atoms with Crippen molar-refractivity contribution in [3.63, 3.8) is 0 Å². The lowest BCUT2D eigenvalue weighted by Gasteiger charge is -2.18. The standard InChI is InChI=1S/C22H22FN3O2/c1-14-7-19(3-4-21(14)17-12-24-25-13-17)26-6-5-16(22(26)27)8-15-9-18(23)11-20(10-15)28-2/h3-4,7,9-13,16H,5-6,8H2,1-2H3,(H,24,25). The molecule has 1 aliphatic heterocycles. The molecule has 1 unspecified atom stereocenters. The van der Waals surface area contributed by atoms with E-state index in [0.29, 0.717) is 18.7 Å². The van der Waals surface area contributed by atoms with Crippen LogP contribution in [0.2, 0.25) is 0 Å². The highest BCUT2D eigenvalue weighted by atomic mass is 19.1. The number of aromatic nitrogens is 2. The molecular weight excluding hydrogens is 357 g/mol. The maximum Gasteiger partial charge on any atom is 0.230 e. The Morgan fingerprint density at radius 2 is 2.14 bits per heavy atom. The number of rotatable bonds is 5. The first-order valence-electron chi connectivity index (χ1n) is 9.30. The van der Waals surface area contributed by atoms with Crippen molar-refractivity contribution >= 4 is 11.6 Å². The summed E-state index contributed by atoms with van der Waals surface area (Å²) in [6.45, 7) is 2.70. The first-order valence-corrected chi connectivity index (χ1v) is 9.30. The van der Waals surface area contributed by atoms with Crippen LogP contribution in [0.5, 0.6) is 5.75 Å². The monoisotopic (exact) mass is 379 g/mol. The van der Waals surface area contributed by atoms with Crippen LogP contribution in [0, 0.1) is 18.7 Å². The first kappa shape index (κ1) is 18.2. The molecule has 5 nitrogen and oxygen atoms in total. The van der Waals surface area contributed by atoms with Gasteiger partial charge in [0.2, 0.25) is 5.91 Å². The molecule has 4 rings (SSSR count). The predicted octanol–water partition coefficient (Wildman–Crippen LogP) is 4.13. The number of aromatic amines is 1. The van der Waals surface area contributed by atoms with Crippen LogP contribution in [0.25, 0.3) is 11.1 Å². The third-order valence-corrected chi connectivity index (χ3v) is 5.30. The lowest BCUT2D eigenvalue weighted by Crippen LogP contribution is -2.27. The first-order chi connectivity index (χ1) is 13.5. The number of nitrogens with one attached hydrogen (secondary N) is 1. The molecule has 1 saturated heterocycles. The lowest BCUT2D eigenvalue weighted by molar-refractivity contribution is -0.120. The number of ether oxygens (including phenoxy) is 1. The maximum atomic E-state index is 13.7. The normalized spacial score (nSPS) is 16.6. The van der Waals surface area contributed by atoms with E-state index in [-0.39, 0.29) is 17.6 Å². The molecule has 0 saturated carbocycles. The minimum Gasteiger partial charge on any atom is -0.497 e. The van der Waals surface area contributed by atoms with E-state index in [4.69, 9.17) is 4.74 Å². The molecule has 0 spiro atoms.